The van der Waals surface area contributed by atoms with Gasteiger partial charge in [0, 0.05) is 12.2 Å². The van der Waals surface area contributed by atoms with Crippen molar-refractivity contribution >= 4 is 34.4 Å². The molecule has 0 aliphatic heterocycles. The Balaban J connectivity index is 1.32. The molecule has 4 aromatic rings. The number of aryl methyl sites for hydroxylation is 1. The SMILES string of the molecule is CCn1c(SCC(=O)Nc2cccc(COCc3ccco3)c2)nc2ccccc21. The number of hydrogen-bond acceptors (Lipinski definition) is 5. The third-order valence-corrected chi connectivity index (χ3v) is 5.55. The molecule has 0 bridgehead atoms. The lowest BCUT2D eigenvalue weighted by molar-refractivity contribution is -0.113. The van der Waals surface area contributed by atoms with Gasteiger partial charge in [-0.2, -0.15) is 0 Å². The molecule has 2 aromatic carbocycles. The van der Waals surface area contributed by atoms with E-state index in [1.54, 1.807) is 6.26 Å². The summed E-state index contributed by atoms with van der Waals surface area (Å²) >= 11 is 1.45. The van der Waals surface area contributed by atoms with Gasteiger partial charge in [-0.15, -0.1) is 0 Å². The standard InChI is InChI=1S/C23H23N3O3S/c1-2-26-21-11-4-3-10-20(21)25-23(26)30-16-22(27)24-18-8-5-7-17(13-18)14-28-15-19-9-6-12-29-19/h3-13H,2,14-16H2,1H3,(H,24,27). The van der Waals surface area contributed by atoms with Crippen molar-refractivity contribution in [1.82, 2.24) is 9.55 Å². The number of thioether (sulfide) groups is 1. The van der Waals surface area contributed by atoms with Crippen LogP contribution in [0.5, 0.6) is 0 Å². The Kier molecular flexibility index (Phi) is 6.51. The van der Waals surface area contributed by atoms with Crippen LogP contribution in [0, 0.1) is 0 Å². The van der Waals surface area contributed by atoms with Gasteiger partial charge in [-0.3, -0.25) is 4.79 Å². The van der Waals surface area contributed by atoms with E-state index in [-0.39, 0.29) is 5.91 Å². The normalized spacial score (nSPS) is 11.1. The number of rotatable bonds is 9. The van der Waals surface area contributed by atoms with Crippen LogP contribution in [0.1, 0.15) is 18.2 Å². The highest BCUT2D eigenvalue weighted by Crippen LogP contribution is 2.24. The summed E-state index contributed by atoms with van der Waals surface area (Å²) in [4.78, 5) is 17.1. The molecule has 0 atom stereocenters. The van der Waals surface area contributed by atoms with E-state index >= 15 is 0 Å². The number of furan rings is 1. The van der Waals surface area contributed by atoms with Gasteiger partial charge in [0.25, 0.3) is 0 Å². The third-order valence-electron chi connectivity index (χ3n) is 4.57. The quantitative estimate of drug-likeness (QED) is 0.381. The molecule has 1 amide bonds. The van der Waals surface area contributed by atoms with Crippen LogP contribution in [0.2, 0.25) is 0 Å². The van der Waals surface area contributed by atoms with Gasteiger partial charge in [0.15, 0.2) is 5.16 Å². The van der Waals surface area contributed by atoms with E-state index in [4.69, 9.17) is 9.15 Å². The van der Waals surface area contributed by atoms with Gasteiger partial charge in [0.05, 0.1) is 29.7 Å². The Morgan fingerprint density at radius 3 is 2.87 bits per heavy atom. The molecule has 0 aliphatic carbocycles. The summed E-state index contributed by atoms with van der Waals surface area (Å²) in [5.74, 6) is 1.01. The van der Waals surface area contributed by atoms with Crippen molar-refractivity contribution < 1.29 is 13.9 Å². The molecule has 0 unspecified atom stereocenters. The first kappa shape index (κ1) is 20.3. The highest BCUT2D eigenvalue weighted by Gasteiger charge is 2.12. The summed E-state index contributed by atoms with van der Waals surface area (Å²) in [6.07, 6.45) is 1.63. The number of aromatic nitrogens is 2. The fraction of sp³-hybridized carbons (Fsp3) is 0.217. The van der Waals surface area contributed by atoms with Crippen molar-refractivity contribution in [2.45, 2.75) is 31.8 Å². The van der Waals surface area contributed by atoms with Crippen molar-refractivity contribution in [3.63, 3.8) is 0 Å². The van der Waals surface area contributed by atoms with Crippen molar-refractivity contribution in [3.8, 4) is 0 Å². The molecular formula is C23H23N3O3S. The number of hydrogen-bond donors (Lipinski definition) is 1. The smallest absolute Gasteiger partial charge is 0.234 e. The first-order valence-electron chi connectivity index (χ1n) is 9.80. The number of amides is 1. The Morgan fingerprint density at radius 2 is 2.03 bits per heavy atom. The van der Waals surface area contributed by atoms with Crippen LogP contribution in [0.4, 0.5) is 5.69 Å². The number of para-hydroxylation sites is 2. The predicted octanol–water partition coefficient (Wildman–Crippen LogP) is 5.10. The molecule has 1 N–H and O–H groups in total. The summed E-state index contributed by atoms with van der Waals surface area (Å²) in [6.45, 7) is 3.75. The van der Waals surface area contributed by atoms with Gasteiger partial charge in [-0.05, 0) is 48.9 Å². The van der Waals surface area contributed by atoms with Gasteiger partial charge < -0.3 is 19.0 Å². The van der Waals surface area contributed by atoms with E-state index in [1.807, 2.05) is 54.6 Å². The van der Waals surface area contributed by atoms with Crippen molar-refractivity contribution in [2.24, 2.45) is 0 Å². The predicted molar refractivity (Wildman–Crippen MR) is 118 cm³/mol. The van der Waals surface area contributed by atoms with Gasteiger partial charge in [-0.25, -0.2) is 4.98 Å². The number of ether oxygens (including phenoxy) is 1. The summed E-state index contributed by atoms with van der Waals surface area (Å²) in [6, 6.07) is 19.4. The van der Waals surface area contributed by atoms with Crippen LogP contribution < -0.4 is 5.32 Å². The Hall–Kier alpha value is -3.03. The molecule has 2 aromatic heterocycles. The molecule has 4 rings (SSSR count). The molecule has 7 heteroatoms. The molecule has 0 spiro atoms. The lowest BCUT2D eigenvalue weighted by Crippen LogP contribution is -2.14. The fourth-order valence-corrected chi connectivity index (χ4v) is 4.08. The zero-order valence-corrected chi connectivity index (χ0v) is 17.5. The second kappa shape index (κ2) is 9.65. The van der Waals surface area contributed by atoms with E-state index in [1.165, 1.54) is 11.8 Å². The number of nitrogens with zero attached hydrogens (tertiary/aromatic N) is 2. The Morgan fingerprint density at radius 1 is 1.13 bits per heavy atom. The zero-order chi connectivity index (χ0) is 20.8. The molecule has 0 fully saturated rings. The molecule has 2 heterocycles. The van der Waals surface area contributed by atoms with Crippen LogP contribution in [-0.2, 0) is 29.3 Å². The average molecular weight is 422 g/mol. The van der Waals surface area contributed by atoms with Crippen molar-refractivity contribution in [3.05, 3.63) is 78.3 Å². The Labute approximate surface area is 179 Å². The Bertz CT molecular complexity index is 1120. The summed E-state index contributed by atoms with van der Waals surface area (Å²) in [5.41, 5.74) is 3.78. The maximum absolute atomic E-state index is 12.5. The van der Waals surface area contributed by atoms with Gasteiger partial charge in [-0.1, -0.05) is 36.0 Å². The number of fused-ring (bicyclic) bond motifs is 1. The van der Waals surface area contributed by atoms with Crippen LogP contribution in [0.25, 0.3) is 11.0 Å². The fourth-order valence-electron chi connectivity index (χ4n) is 3.20. The highest BCUT2D eigenvalue weighted by molar-refractivity contribution is 7.99. The first-order valence-corrected chi connectivity index (χ1v) is 10.8. The maximum atomic E-state index is 12.5. The van der Waals surface area contributed by atoms with Crippen molar-refractivity contribution in [1.29, 1.82) is 0 Å². The number of carbonyl (C=O) groups excluding carboxylic acids is 1. The van der Waals surface area contributed by atoms with E-state index in [0.29, 0.717) is 19.0 Å². The molecule has 0 saturated heterocycles. The lowest BCUT2D eigenvalue weighted by atomic mass is 10.2. The molecule has 154 valence electrons. The van der Waals surface area contributed by atoms with Gasteiger partial charge in [0.1, 0.15) is 12.4 Å². The minimum Gasteiger partial charge on any atom is -0.467 e. The first-order chi connectivity index (χ1) is 14.7. The molecule has 30 heavy (non-hydrogen) atoms. The van der Waals surface area contributed by atoms with Gasteiger partial charge >= 0.3 is 0 Å². The summed E-state index contributed by atoms with van der Waals surface area (Å²) in [5, 5.41) is 3.81. The van der Waals surface area contributed by atoms with Crippen LogP contribution in [0.15, 0.2) is 76.5 Å². The maximum Gasteiger partial charge on any atom is 0.234 e. The van der Waals surface area contributed by atoms with E-state index in [9.17, 15) is 4.79 Å². The number of benzene rings is 2. The number of anilines is 1. The third kappa shape index (κ3) is 4.93. The monoisotopic (exact) mass is 421 g/mol. The van der Waals surface area contributed by atoms with Crippen LogP contribution in [0.3, 0.4) is 0 Å². The van der Waals surface area contributed by atoms with Gasteiger partial charge in [0.2, 0.25) is 5.91 Å². The average Bonchev–Trinajstić information content (AvgIpc) is 3.39. The molecule has 6 nitrogen and oxygen atoms in total. The molecule has 0 radical (unpaired) electrons. The minimum absolute atomic E-state index is 0.0663. The minimum atomic E-state index is -0.0663. The second-order valence-electron chi connectivity index (χ2n) is 6.74. The van der Waals surface area contributed by atoms with E-state index in [0.717, 1.165) is 39.7 Å². The van der Waals surface area contributed by atoms with E-state index in [2.05, 4.69) is 27.9 Å². The highest BCUT2D eigenvalue weighted by atomic mass is 32.2. The second-order valence-corrected chi connectivity index (χ2v) is 7.68. The zero-order valence-electron chi connectivity index (χ0n) is 16.7. The largest absolute Gasteiger partial charge is 0.467 e. The van der Waals surface area contributed by atoms with E-state index < -0.39 is 0 Å². The summed E-state index contributed by atoms with van der Waals surface area (Å²) in [7, 11) is 0. The van der Waals surface area contributed by atoms with Crippen LogP contribution in [-0.4, -0.2) is 21.2 Å². The van der Waals surface area contributed by atoms with Crippen molar-refractivity contribution in [2.75, 3.05) is 11.1 Å². The lowest BCUT2D eigenvalue weighted by Gasteiger charge is -2.08. The molecule has 0 saturated carbocycles. The number of carbonyl (C=O) groups is 1. The number of imidazole rings is 1. The molecule has 0 aliphatic rings. The topological polar surface area (TPSA) is 69.3 Å². The molecular weight excluding hydrogens is 398 g/mol. The van der Waals surface area contributed by atoms with Crippen LogP contribution >= 0.6 is 11.8 Å². The number of nitrogens with one attached hydrogen (secondary N) is 1. The summed E-state index contributed by atoms with van der Waals surface area (Å²) < 4.78 is 13.0.